The summed E-state index contributed by atoms with van der Waals surface area (Å²) >= 11 is 5.03. The van der Waals surface area contributed by atoms with Crippen LogP contribution < -0.4 is 5.32 Å². The van der Waals surface area contributed by atoms with Crippen LogP contribution in [0.1, 0.15) is 18.9 Å². The molecule has 1 atom stereocenters. The lowest BCUT2D eigenvalue weighted by molar-refractivity contribution is -0.122. The van der Waals surface area contributed by atoms with Gasteiger partial charge in [0.15, 0.2) is 0 Å². The molecule has 0 aliphatic rings. The number of aryl methyl sites for hydroxylation is 1. The first-order chi connectivity index (χ1) is 8.94. The van der Waals surface area contributed by atoms with Crippen LogP contribution in [0, 0.1) is 0 Å². The van der Waals surface area contributed by atoms with E-state index >= 15 is 0 Å². The minimum atomic E-state index is -0.845. The lowest BCUT2D eigenvalue weighted by Crippen LogP contribution is -2.42. The summed E-state index contributed by atoms with van der Waals surface area (Å²) in [5.74, 6) is 0.578. The monoisotopic (exact) mass is 345 g/mol. The average molecular weight is 346 g/mol. The summed E-state index contributed by atoms with van der Waals surface area (Å²) in [5, 5.41) is 12.7. The maximum Gasteiger partial charge on any atom is 0.220 e. The number of hydrogen-bond donors (Lipinski definition) is 2. The van der Waals surface area contributed by atoms with E-state index in [-0.39, 0.29) is 5.91 Å². The van der Waals surface area contributed by atoms with Gasteiger partial charge in [0.05, 0.1) is 5.60 Å². The third kappa shape index (κ3) is 6.45. The fourth-order valence-corrected chi connectivity index (χ4v) is 2.90. The van der Waals surface area contributed by atoms with E-state index < -0.39 is 5.60 Å². The molecule has 1 rings (SSSR count). The second-order valence-corrected chi connectivity index (χ2v) is 6.52. The maximum absolute atomic E-state index is 11.7. The number of halogens is 1. The molecule has 0 heterocycles. The van der Waals surface area contributed by atoms with E-state index in [0.717, 1.165) is 10.0 Å². The number of amides is 1. The average Bonchev–Trinajstić information content (AvgIpc) is 2.35. The molecule has 5 heteroatoms. The first kappa shape index (κ1) is 16.5. The van der Waals surface area contributed by atoms with Gasteiger partial charge in [-0.2, -0.15) is 11.8 Å². The predicted octanol–water partition coefficient (Wildman–Crippen LogP) is 2.61. The van der Waals surface area contributed by atoms with E-state index in [2.05, 4.69) is 21.2 Å². The van der Waals surface area contributed by atoms with Crippen molar-refractivity contribution in [2.75, 3.05) is 18.6 Å². The molecule has 1 aromatic rings. The highest BCUT2D eigenvalue weighted by atomic mass is 79.9. The summed E-state index contributed by atoms with van der Waals surface area (Å²) in [6, 6.07) is 7.88. The van der Waals surface area contributed by atoms with E-state index in [1.165, 1.54) is 0 Å². The van der Waals surface area contributed by atoms with Gasteiger partial charge in [0.2, 0.25) is 5.91 Å². The van der Waals surface area contributed by atoms with Gasteiger partial charge >= 0.3 is 0 Å². The van der Waals surface area contributed by atoms with Crippen molar-refractivity contribution in [1.82, 2.24) is 5.32 Å². The van der Waals surface area contributed by atoms with Crippen LogP contribution in [-0.4, -0.2) is 35.2 Å². The third-order valence-electron chi connectivity index (χ3n) is 2.70. The van der Waals surface area contributed by atoms with Gasteiger partial charge in [-0.3, -0.25) is 4.79 Å². The molecule has 3 nitrogen and oxygen atoms in total. The minimum Gasteiger partial charge on any atom is -0.387 e. The molecule has 0 bridgehead atoms. The second kappa shape index (κ2) is 7.92. The Balaban J connectivity index is 2.35. The number of hydrogen-bond acceptors (Lipinski definition) is 3. The Hall–Kier alpha value is -0.520. The summed E-state index contributed by atoms with van der Waals surface area (Å²) in [4.78, 5) is 11.7. The van der Waals surface area contributed by atoms with E-state index in [0.29, 0.717) is 25.1 Å². The molecule has 0 spiro atoms. The topological polar surface area (TPSA) is 49.3 Å². The molecule has 0 aromatic heterocycles. The molecule has 2 N–H and O–H groups in total. The van der Waals surface area contributed by atoms with E-state index in [1.807, 2.05) is 30.5 Å². The minimum absolute atomic E-state index is 0.0304. The Labute approximate surface area is 127 Å². The highest BCUT2D eigenvalue weighted by molar-refractivity contribution is 9.10. The quantitative estimate of drug-likeness (QED) is 0.798. The molecule has 1 aromatic carbocycles. The van der Waals surface area contributed by atoms with Gasteiger partial charge < -0.3 is 10.4 Å². The summed E-state index contributed by atoms with van der Waals surface area (Å²) in [7, 11) is 0. The van der Waals surface area contributed by atoms with Gasteiger partial charge in [-0.05, 0) is 31.2 Å². The zero-order valence-corrected chi connectivity index (χ0v) is 13.7. The first-order valence-corrected chi connectivity index (χ1v) is 8.35. The third-order valence-corrected chi connectivity index (χ3v) is 4.39. The largest absolute Gasteiger partial charge is 0.387 e. The number of carbonyl (C=O) groups is 1. The molecule has 0 saturated carbocycles. The Morgan fingerprint density at radius 1 is 1.47 bits per heavy atom. The molecule has 0 fully saturated rings. The molecular formula is C14H20BrNO2S. The first-order valence-electron chi connectivity index (χ1n) is 6.16. The number of nitrogens with one attached hydrogen (secondary N) is 1. The molecule has 0 radical (unpaired) electrons. The molecule has 1 amide bonds. The summed E-state index contributed by atoms with van der Waals surface area (Å²) in [5.41, 5.74) is 0.274. The Morgan fingerprint density at radius 2 is 2.16 bits per heavy atom. The molecule has 0 aliphatic heterocycles. The summed E-state index contributed by atoms with van der Waals surface area (Å²) in [6.07, 6.45) is 3.05. The fourth-order valence-electron chi connectivity index (χ4n) is 1.69. The number of carbonyl (C=O) groups excluding carboxylic acids is 1. The van der Waals surface area contributed by atoms with Crippen molar-refractivity contribution in [3.05, 3.63) is 34.3 Å². The lowest BCUT2D eigenvalue weighted by atomic mass is 10.1. The number of benzene rings is 1. The van der Waals surface area contributed by atoms with Crippen molar-refractivity contribution in [3.8, 4) is 0 Å². The molecule has 0 unspecified atom stereocenters. The Kier molecular flexibility index (Phi) is 6.89. The van der Waals surface area contributed by atoms with E-state index in [9.17, 15) is 9.90 Å². The molecular weight excluding hydrogens is 326 g/mol. The van der Waals surface area contributed by atoms with Crippen LogP contribution in [0.3, 0.4) is 0 Å². The molecule has 0 saturated heterocycles. The van der Waals surface area contributed by atoms with Crippen molar-refractivity contribution in [3.63, 3.8) is 0 Å². The van der Waals surface area contributed by atoms with Crippen LogP contribution in [0.15, 0.2) is 28.7 Å². The zero-order valence-electron chi connectivity index (χ0n) is 11.3. The van der Waals surface area contributed by atoms with E-state index in [4.69, 9.17) is 0 Å². The SMILES string of the molecule is CSC[C@@](C)(O)CNC(=O)CCc1ccccc1Br. The van der Waals surface area contributed by atoms with E-state index in [1.54, 1.807) is 18.7 Å². The van der Waals surface area contributed by atoms with Crippen molar-refractivity contribution in [2.24, 2.45) is 0 Å². The Morgan fingerprint density at radius 3 is 2.79 bits per heavy atom. The summed E-state index contributed by atoms with van der Waals surface area (Å²) in [6.45, 7) is 2.03. The molecule has 106 valence electrons. The highest BCUT2D eigenvalue weighted by Crippen LogP contribution is 2.17. The normalized spacial score (nSPS) is 13.9. The van der Waals surface area contributed by atoms with Gasteiger partial charge in [0.25, 0.3) is 0 Å². The number of rotatable bonds is 7. The van der Waals surface area contributed by atoms with Crippen molar-refractivity contribution in [2.45, 2.75) is 25.4 Å². The second-order valence-electron chi connectivity index (χ2n) is 4.80. The van der Waals surface area contributed by atoms with Crippen LogP contribution >= 0.6 is 27.7 Å². The van der Waals surface area contributed by atoms with Crippen LogP contribution in [0.4, 0.5) is 0 Å². The zero-order chi connectivity index (χ0) is 14.3. The lowest BCUT2D eigenvalue weighted by Gasteiger charge is -2.22. The number of aliphatic hydroxyl groups is 1. The standard InChI is InChI=1S/C14H20BrNO2S/c1-14(18,10-19-2)9-16-13(17)8-7-11-5-3-4-6-12(11)15/h3-6,18H,7-10H2,1-2H3,(H,16,17)/t14-/m0/s1. The van der Waals surface area contributed by atoms with Crippen molar-refractivity contribution in [1.29, 1.82) is 0 Å². The number of thioether (sulfide) groups is 1. The maximum atomic E-state index is 11.7. The summed E-state index contributed by atoms with van der Waals surface area (Å²) < 4.78 is 1.03. The Bertz CT molecular complexity index is 424. The van der Waals surface area contributed by atoms with Gasteiger partial charge in [-0.15, -0.1) is 0 Å². The molecule has 19 heavy (non-hydrogen) atoms. The van der Waals surface area contributed by atoms with Crippen molar-refractivity contribution < 1.29 is 9.90 Å². The smallest absolute Gasteiger partial charge is 0.220 e. The van der Waals surface area contributed by atoms with Crippen LogP contribution in [0.5, 0.6) is 0 Å². The predicted molar refractivity (Wildman–Crippen MR) is 84.5 cm³/mol. The van der Waals surface area contributed by atoms with Crippen molar-refractivity contribution >= 4 is 33.6 Å². The molecule has 0 aliphatic carbocycles. The van der Waals surface area contributed by atoms with Gasteiger partial charge in [-0.1, -0.05) is 34.1 Å². The van der Waals surface area contributed by atoms with Gasteiger partial charge in [0, 0.05) is 23.2 Å². The fraction of sp³-hybridized carbons (Fsp3) is 0.500. The van der Waals surface area contributed by atoms with Crippen LogP contribution in [-0.2, 0) is 11.2 Å². The van der Waals surface area contributed by atoms with Gasteiger partial charge in [-0.25, -0.2) is 0 Å². The van der Waals surface area contributed by atoms with Crippen LogP contribution in [0.25, 0.3) is 0 Å². The van der Waals surface area contributed by atoms with Crippen LogP contribution in [0.2, 0.25) is 0 Å². The van der Waals surface area contributed by atoms with Gasteiger partial charge in [0.1, 0.15) is 0 Å². The highest BCUT2D eigenvalue weighted by Gasteiger charge is 2.20.